The number of hydrogen-bond donors (Lipinski definition) is 3. The van der Waals surface area contributed by atoms with E-state index in [0.29, 0.717) is 0 Å². The highest BCUT2D eigenvalue weighted by molar-refractivity contribution is 5.86. The summed E-state index contributed by atoms with van der Waals surface area (Å²) >= 11 is 0. The number of amides is 2. The Labute approximate surface area is 108 Å². The van der Waals surface area contributed by atoms with Gasteiger partial charge in [0, 0.05) is 12.6 Å². The summed E-state index contributed by atoms with van der Waals surface area (Å²) in [6, 6.07) is -0.470. The van der Waals surface area contributed by atoms with Gasteiger partial charge in [-0.1, -0.05) is 0 Å². The van der Waals surface area contributed by atoms with E-state index in [-0.39, 0.29) is 6.54 Å². The molecule has 0 aliphatic heterocycles. The zero-order chi connectivity index (χ0) is 14.4. The van der Waals surface area contributed by atoms with Crippen LogP contribution in [0.3, 0.4) is 0 Å². The Morgan fingerprint density at radius 1 is 1.42 bits per heavy atom. The van der Waals surface area contributed by atoms with Gasteiger partial charge in [0.25, 0.3) is 0 Å². The first kappa shape index (κ1) is 14.6. The second-order valence-electron chi connectivity index (χ2n) is 3.93. The molecule has 1 heterocycles. The van der Waals surface area contributed by atoms with Crippen molar-refractivity contribution in [3.63, 3.8) is 0 Å². The number of nitrogens with one attached hydrogen (secondary N) is 1. The van der Waals surface area contributed by atoms with E-state index in [1.54, 1.807) is 6.07 Å². The van der Waals surface area contributed by atoms with E-state index in [1.807, 2.05) is 0 Å². The van der Waals surface area contributed by atoms with Gasteiger partial charge in [0.1, 0.15) is 6.04 Å². The molecule has 0 radical (unpaired) electrons. The standard InChI is InChI=1S/C11H14N2O6/c1-13(5-7-2-3-19-6-7)11(18)12-8(10(16)17)4-9(14)15/h2-3,6,8H,4-5H2,1H3,(H,12,18)(H,14,15)(H,16,17). The Bertz CT molecular complexity index is 456. The van der Waals surface area contributed by atoms with Crippen molar-refractivity contribution in [1.82, 2.24) is 10.2 Å². The van der Waals surface area contributed by atoms with Crippen LogP contribution in [0.1, 0.15) is 12.0 Å². The van der Waals surface area contributed by atoms with E-state index in [4.69, 9.17) is 14.6 Å². The molecule has 0 aromatic carbocycles. The summed E-state index contributed by atoms with van der Waals surface area (Å²) in [5, 5.41) is 19.5. The van der Waals surface area contributed by atoms with Crippen molar-refractivity contribution in [2.24, 2.45) is 0 Å². The molecule has 0 bridgehead atoms. The normalized spacial score (nSPS) is 11.6. The molecule has 0 aliphatic carbocycles. The summed E-state index contributed by atoms with van der Waals surface area (Å²) in [4.78, 5) is 34.2. The van der Waals surface area contributed by atoms with Crippen LogP contribution in [-0.2, 0) is 16.1 Å². The fourth-order valence-corrected chi connectivity index (χ4v) is 1.36. The third-order valence-electron chi connectivity index (χ3n) is 2.32. The van der Waals surface area contributed by atoms with Crippen LogP contribution in [0.15, 0.2) is 23.0 Å². The average Bonchev–Trinajstić information content (AvgIpc) is 2.79. The number of rotatable bonds is 6. The number of hydrogen-bond acceptors (Lipinski definition) is 4. The number of urea groups is 1. The Balaban J connectivity index is 2.56. The second-order valence-corrected chi connectivity index (χ2v) is 3.93. The molecular formula is C11H14N2O6. The van der Waals surface area contributed by atoms with Crippen LogP contribution in [0.2, 0.25) is 0 Å². The molecule has 2 amide bonds. The molecule has 0 saturated heterocycles. The molecule has 1 rings (SSSR count). The molecule has 0 fully saturated rings. The zero-order valence-electron chi connectivity index (χ0n) is 10.2. The Kier molecular flexibility index (Phi) is 4.92. The summed E-state index contributed by atoms with van der Waals surface area (Å²) in [6.07, 6.45) is 2.22. The van der Waals surface area contributed by atoms with Crippen LogP contribution in [0.25, 0.3) is 0 Å². The van der Waals surface area contributed by atoms with Crippen LogP contribution in [0, 0.1) is 0 Å². The highest BCUT2D eigenvalue weighted by Gasteiger charge is 2.24. The summed E-state index contributed by atoms with van der Waals surface area (Å²) in [6.45, 7) is 0.224. The largest absolute Gasteiger partial charge is 0.481 e. The first-order valence-corrected chi connectivity index (χ1v) is 5.37. The Morgan fingerprint density at radius 3 is 2.58 bits per heavy atom. The quantitative estimate of drug-likeness (QED) is 0.686. The van der Waals surface area contributed by atoms with Gasteiger partial charge in [0.15, 0.2) is 0 Å². The number of carboxylic acids is 2. The molecule has 19 heavy (non-hydrogen) atoms. The van der Waals surface area contributed by atoms with Gasteiger partial charge in [-0.05, 0) is 6.07 Å². The number of furan rings is 1. The molecule has 8 nitrogen and oxygen atoms in total. The maximum atomic E-state index is 11.7. The van der Waals surface area contributed by atoms with Gasteiger partial charge in [0.05, 0.1) is 25.5 Å². The van der Waals surface area contributed by atoms with E-state index < -0.39 is 30.4 Å². The van der Waals surface area contributed by atoms with Crippen molar-refractivity contribution in [1.29, 1.82) is 0 Å². The predicted molar refractivity (Wildman–Crippen MR) is 62.4 cm³/mol. The molecule has 0 aliphatic rings. The number of carboxylic acid groups (broad SMARTS) is 2. The highest BCUT2D eigenvalue weighted by Crippen LogP contribution is 2.04. The van der Waals surface area contributed by atoms with Crippen LogP contribution in [0.5, 0.6) is 0 Å². The van der Waals surface area contributed by atoms with Crippen molar-refractivity contribution in [3.8, 4) is 0 Å². The summed E-state index contributed by atoms with van der Waals surface area (Å²) in [7, 11) is 1.46. The fraction of sp³-hybridized carbons (Fsp3) is 0.364. The minimum Gasteiger partial charge on any atom is -0.481 e. The maximum absolute atomic E-state index is 11.7. The second kappa shape index (κ2) is 6.43. The third-order valence-corrected chi connectivity index (χ3v) is 2.32. The molecule has 3 N–H and O–H groups in total. The van der Waals surface area contributed by atoms with Crippen LogP contribution in [0.4, 0.5) is 4.79 Å². The van der Waals surface area contributed by atoms with E-state index >= 15 is 0 Å². The van der Waals surface area contributed by atoms with Crippen molar-refractivity contribution >= 4 is 18.0 Å². The Morgan fingerprint density at radius 2 is 2.11 bits per heavy atom. The molecule has 1 aromatic rings. The van der Waals surface area contributed by atoms with Gasteiger partial charge >= 0.3 is 18.0 Å². The average molecular weight is 270 g/mol. The minimum absolute atomic E-state index is 0.224. The molecule has 1 unspecified atom stereocenters. The predicted octanol–water partition coefficient (Wildman–Crippen LogP) is 0.349. The fourth-order valence-electron chi connectivity index (χ4n) is 1.36. The van der Waals surface area contributed by atoms with Crippen LogP contribution in [-0.4, -0.2) is 46.2 Å². The van der Waals surface area contributed by atoms with Crippen molar-refractivity contribution in [2.45, 2.75) is 19.0 Å². The lowest BCUT2D eigenvalue weighted by atomic mass is 10.2. The van der Waals surface area contributed by atoms with Crippen molar-refractivity contribution in [2.75, 3.05) is 7.05 Å². The first-order valence-electron chi connectivity index (χ1n) is 5.37. The van der Waals surface area contributed by atoms with Gasteiger partial charge in [-0.15, -0.1) is 0 Å². The topological polar surface area (TPSA) is 120 Å². The SMILES string of the molecule is CN(Cc1ccoc1)C(=O)NC(CC(=O)O)C(=O)O. The third kappa shape index (κ3) is 4.70. The van der Waals surface area contributed by atoms with Crippen LogP contribution < -0.4 is 5.32 Å². The molecule has 8 heteroatoms. The molecule has 1 atom stereocenters. The van der Waals surface area contributed by atoms with Crippen molar-refractivity contribution in [3.05, 3.63) is 24.2 Å². The summed E-state index contributed by atoms with van der Waals surface area (Å²) in [5.41, 5.74) is 0.739. The highest BCUT2D eigenvalue weighted by atomic mass is 16.4. The van der Waals surface area contributed by atoms with Gasteiger partial charge in [-0.25, -0.2) is 9.59 Å². The summed E-state index contributed by atoms with van der Waals surface area (Å²) in [5.74, 6) is -2.70. The lowest BCUT2D eigenvalue weighted by Crippen LogP contribution is -2.47. The van der Waals surface area contributed by atoms with E-state index in [2.05, 4.69) is 5.32 Å². The zero-order valence-corrected chi connectivity index (χ0v) is 10.2. The number of aliphatic carboxylic acids is 2. The lowest BCUT2D eigenvalue weighted by Gasteiger charge is -2.20. The smallest absolute Gasteiger partial charge is 0.326 e. The van der Waals surface area contributed by atoms with Gasteiger partial charge in [-0.3, -0.25) is 4.79 Å². The maximum Gasteiger partial charge on any atom is 0.326 e. The van der Waals surface area contributed by atoms with E-state index in [1.165, 1.54) is 24.5 Å². The molecule has 104 valence electrons. The number of carbonyl (C=O) groups is 3. The molecule has 0 saturated carbocycles. The number of nitrogens with zero attached hydrogens (tertiary/aromatic N) is 1. The number of carbonyl (C=O) groups excluding carboxylic acids is 1. The minimum atomic E-state index is -1.46. The van der Waals surface area contributed by atoms with E-state index in [0.717, 1.165) is 5.56 Å². The summed E-state index contributed by atoms with van der Waals surface area (Å²) < 4.78 is 4.84. The van der Waals surface area contributed by atoms with Crippen LogP contribution >= 0.6 is 0 Å². The molecule has 0 spiro atoms. The molecule has 1 aromatic heterocycles. The molecular weight excluding hydrogens is 256 g/mol. The van der Waals surface area contributed by atoms with Gasteiger partial charge in [0.2, 0.25) is 0 Å². The van der Waals surface area contributed by atoms with Gasteiger partial charge < -0.3 is 24.8 Å². The monoisotopic (exact) mass is 270 g/mol. The lowest BCUT2D eigenvalue weighted by molar-refractivity contribution is -0.145. The van der Waals surface area contributed by atoms with E-state index in [9.17, 15) is 14.4 Å². The first-order chi connectivity index (χ1) is 8.90. The van der Waals surface area contributed by atoms with Gasteiger partial charge in [-0.2, -0.15) is 0 Å². The Hall–Kier alpha value is -2.51. The van der Waals surface area contributed by atoms with Crippen molar-refractivity contribution < 1.29 is 29.0 Å².